The number of carbonyl (C=O) groups excluding carboxylic acids is 7. The highest BCUT2D eigenvalue weighted by Crippen LogP contribution is 2.53. The van der Waals surface area contributed by atoms with Crippen molar-refractivity contribution in [1.82, 2.24) is 78.1 Å². The van der Waals surface area contributed by atoms with Gasteiger partial charge in [0.15, 0.2) is 11.3 Å². The highest BCUT2D eigenvalue weighted by atomic mass is 32.2. The first-order valence-corrected chi connectivity index (χ1v) is 53.7. The molecule has 0 spiro atoms. The zero-order valence-corrected chi connectivity index (χ0v) is 86.9. The predicted octanol–water partition coefficient (Wildman–Crippen LogP) is 17.1. The molecule has 6 atom stereocenters. The monoisotopic (exact) mass is 2050 g/mol. The number of hydrogen-bond acceptors (Lipinski definition) is 20. The number of aromatic nitrogens is 6. The van der Waals surface area contributed by atoms with Crippen molar-refractivity contribution in [1.29, 1.82) is 0 Å². The number of pyridine rings is 2. The predicted molar refractivity (Wildman–Crippen MR) is 565 cm³/mol. The van der Waals surface area contributed by atoms with Crippen LogP contribution >= 0.6 is 35.3 Å². The Labute approximate surface area is 855 Å². The van der Waals surface area contributed by atoms with Gasteiger partial charge in [-0.25, -0.2) is 37.5 Å². The summed E-state index contributed by atoms with van der Waals surface area (Å²) < 4.78 is 88.7. The second kappa shape index (κ2) is 45.0. The lowest BCUT2D eigenvalue weighted by molar-refractivity contribution is -0.146. The molecule has 0 bridgehead atoms. The first-order chi connectivity index (χ1) is 68.1. The lowest BCUT2D eigenvalue weighted by Gasteiger charge is -2.40. The molecule has 14 heterocycles. The molecule has 3 N–H and O–H groups in total. The summed E-state index contributed by atoms with van der Waals surface area (Å²) >= 11 is 4.32. The second-order valence-electron chi connectivity index (χ2n) is 43.6. The number of anilines is 4. The number of likely N-dealkylation sites (N-methyl/N-ethyl adjacent to an activating group) is 1. The largest absolute Gasteiger partial charge is 0.401 e. The van der Waals surface area contributed by atoms with Gasteiger partial charge in [-0.05, 0) is 168 Å². The number of hydrogen-bond donors (Lipinski definition) is 3. The number of rotatable bonds is 23. The number of fused-ring (bicyclic) bond motifs is 3. The van der Waals surface area contributed by atoms with E-state index in [0.717, 1.165) is 111 Å². The van der Waals surface area contributed by atoms with Gasteiger partial charge in [0.2, 0.25) is 35.4 Å². The van der Waals surface area contributed by atoms with Crippen molar-refractivity contribution in [3.05, 3.63) is 176 Å². The fourth-order valence-corrected chi connectivity index (χ4v) is 25.9. The van der Waals surface area contributed by atoms with E-state index in [1.807, 2.05) is 73.0 Å². The Morgan fingerprint density at radius 2 is 0.860 bits per heavy atom. The van der Waals surface area contributed by atoms with Crippen molar-refractivity contribution in [2.24, 2.45) is 16.2 Å². The van der Waals surface area contributed by atoms with Gasteiger partial charge in [-0.2, -0.15) is 13.2 Å². The van der Waals surface area contributed by atoms with Crippen molar-refractivity contribution in [2.75, 3.05) is 178 Å². The van der Waals surface area contributed by atoms with Crippen molar-refractivity contribution in [2.45, 2.75) is 222 Å². The highest BCUT2D eigenvalue weighted by molar-refractivity contribution is 8.01. The van der Waals surface area contributed by atoms with E-state index in [1.165, 1.54) is 58.4 Å². The number of H-pyrrole nitrogens is 2. The number of nitrogens with zero attached hydrogens (tertiary/aromatic N) is 17. The molecule has 8 aromatic rings. The van der Waals surface area contributed by atoms with Crippen LogP contribution in [0.3, 0.4) is 0 Å². The van der Waals surface area contributed by atoms with Gasteiger partial charge in [0.05, 0.1) is 44.7 Å². The Morgan fingerprint density at radius 1 is 0.455 bits per heavy atom. The van der Waals surface area contributed by atoms with Crippen molar-refractivity contribution in [3.8, 4) is 0 Å². The fourth-order valence-electron chi connectivity index (χ4n) is 21.4. The van der Waals surface area contributed by atoms with Gasteiger partial charge in [0.25, 0.3) is 0 Å². The average molecular weight is 2050 g/mol. The van der Waals surface area contributed by atoms with Crippen LogP contribution in [0.5, 0.6) is 0 Å². The maximum Gasteiger partial charge on any atom is 0.401 e. The van der Waals surface area contributed by atoms with Crippen LogP contribution in [0.15, 0.2) is 125 Å². The Bertz CT molecular complexity index is 6010. The van der Waals surface area contributed by atoms with E-state index in [2.05, 4.69) is 134 Å². The Balaban J connectivity index is 0.000000224. The van der Waals surface area contributed by atoms with E-state index in [0.29, 0.717) is 145 Å². The Kier molecular flexibility index (Phi) is 33.2. The third kappa shape index (κ3) is 25.3. The number of alkyl halides is 3. The van der Waals surface area contributed by atoms with Crippen molar-refractivity contribution < 1.29 is 68.5 Å². The molecule has 8 amide bonds. The number of halogens is 6. The van der Waals surface area contributed by atoms with Crippen LogP contribution in [0, 0.1) is 33.7 Å². The number of imidazole rings is 2. The zero-order chi connectivity index (χ0) is 102. The molecular weight excluding hydrogens is 1900 g/mol. The number of piperidine rings is 3. The van der Waals surface area contributed by atoms with Crippen LogP contribution in [-0.4, -0.2) is 311 Å². The average Bonchev–Trinajstić information content (AvgIpc) is 1.64. The third-order valence-electron chi connectivity index (χ3n) is 29.7. The van der Waals surface area contributed by atoms with Crippen LogP contribution in [-0.2, 0) is 35.2 Å². The van der Waals surface area contributed by atoms with Crippen LogP contribution in [0.2, 0.25) is 0 Å². The summed E-state index contributed by atoms with van der Waals surface area (Å²) in [7, 11) is 2.10. The summed E-state index contributed by atoms with van der Waals surface area (Å²) in [5.41, 5.74) is 8.20. The molecule has 9 fully saturated rings. The highest BCUT2D eigenvalue weighted by Gasteiger charge is 2.50. The minimum Gasteiger partial charge on any atom is -0.369 e. The molecule has 18 rings (SSSR count). The first kappa shape index (κ1) is 106. The third-order valence-corrected chi connectivity index (χ3v) is 34.0. The summed E-state index contributed by atoms with van der Waals surface area (Å²) in [6.07, 6.45) is 6.16. The number of nitrogens with one attached hydrogen (secondary N) is 3. The summed E-state index contributed by atoms with van der Waals surface area (Å²) in [4.78, 5) is 161. The summed E-state index contributed by atoms with van der Waals surface area (Å²) in [5.74, 6) is -1.56. The molecule has 38 heteroatoms. The topological polar surface area (TPSA) is 275 Å². The molecule has 10 aliphatic heterocycles. The molecule has 0 radical (unpaired) electrons. The molecule has 4 aromatic heterocycles. The van der Waals surface area contributed by atoms with Gasteiger partial charge < -0.3 is 59.2 Å². The molecule has 0 aliphatic carbocycles. The van der Waals surface area contributed by atoms with E-state index >= 15 is 8.78 Å². The molecular formula is C105H152F6N20O9S3. The number of amides is 8. The van der Waals surface area contributed by atoms with E-state index in [9.17, 15) is 60.7 Å². The van der Waals surface area contributed by atoms with Crippen molar-refractivity contribution >= 4 is 122 Å². The number of benzene rings is 4. The SMILES string of the molecule is CC(C)(C)CCN1C(=O)C(CC(=O)N2CCC(n3c(=O)[nH]c4ncccc43)CC2)SC1c1cccc(F)c1N1CCN(CC(F)(F)F)CC1.CC(C)N1CCN(c2c(F)cccc2[C@@H]2S[C@@H](CC(=O)N3CCC(N4CCc5ccccc5NC4=O)CC3)C(=O)N2CCC(C)(C)C)CC1.CN1CCN(c2ccc(F)cc2[C@@H]2S[C@@H](CC(=O)N3CCC(n4c(=O)[nH]c5ncccc54)CC3)C(=O)N2CCC(C)(C)C)CC1.[HH].[HH].[HH].[HH].[HH].[HH]. The van der Waals surface area contributed by atoms with Gasteiger partial charge in [-0.1, -0.05) is 105 Å². The fraction of sp³-hybridized carbons (Fsp3) is 0.590. The van der Waals surface area contributed by atoms with Gasteiger partial charge in [0, 0.05) is 236 Å². The minimum absolute atomic E-state index is 0. The number of piperazine rings is 3. The molecule has 9 saturated heterocycles. The first-order valence-electron chi connectivity index (χ1n) is 50.9. The Morgan fingerprint density at radius 3 is 1.28 bits per heavy atom. The summed E-state index contributed by atoms with van der Waals surface area (Å²) in [6.45, 7) is 35.1. The quantitative estimate of drug-likeness (QED) is 0.0502. The van der Waals surface area contributed by atoms with E-state index < -0.39 is 39.7 Å². The number of likely N-dealkylation sites (tertiary alicyclic amines) is 3. The lowest BCUT2D eigenvalue weighted by atomic mass is 9.92. The van der Waals surface area contributed by atoms with Gasteiger partial charge in [-0.15, -0.1) is 35.3 Å². The van der Waals surface area contributed by atoms with Gasteiger partial charge in [-0.3, -0.25) is 57.7 Å². The number of urea groups is 1. The summed E-state index contributed by atoms with van der Waals surface area (Å²) in [5, 5.41) is 0.0479. The Hall–Kier alpha value is -10.3. The van der Waals surface area contributed by atoms with Crippen LogP contribution in [0.25, 0.3) is 22.3 Å². The molecule has 29 nitrogen and oxygen atoms in total. The number of para-hydroxylation sites is 3. The standard InChI is InChI=1S/C38H53FN6O3S.C34H43F4N7O3S.C33H44FN7O3S.6H2/c1-26(2)41-21-23-43(24-22-41)34-29(10-8-11-30(34)39)36-45(20-16-38(3,4)5)35(47)32(49-36)25-33(46)42-17-14-28(15-18-42)44-19-13-27-9-6-7-12-31(27)40-37(44)48;1-33(2,3)11-15-44-30(47)26(20-27(46)42-13-9-22(10-14-42)45-25-8-5-12-39-29(25)40-32(45)48)49-31(44)23-6-4-7-24(35)28(23)43-18-16-41(17-19-43)21-34(36,37)38;1-33(2,3)11-15-40-30(43)27(45-31(40)24-20-22(34)7-8-25(24)38-18-16-37(4)17-19-38)21-28(42)39-13-9-23(10-14-39)41-26-6-5-12-35-29(26)36-32(41)44;;;;;;/h6-12,26,28,32,36H,13-25H2,1-5H3,(H,40,48);4-8,12,22,26,31H,9-11,13-21H2,1-3H3,(H,39,40,48);5-8,12,20,23,27,31H,9-11,13-19,21H2,1-4H3,(H,35,36,44);6*1H/t32-,36-;;27-,31-;;;;;;/m0.0....../s1. The maximum atomic E-state index is 15.7. The smallest absolute Gasteiger partial charge is 0.369 e. The molecule has 10 aliphatic rings. The normalized spacial score (nSPS) is 22.2. The lowest BCUT2D eigenvalue weighted by Crippen LogP contribution is -2.50. The molecule has 0 saturated carbocycles. The van der Waals surface area contributed by atoms with E-state index in [-0.39, 0.29) is 164 Å². The molecule has 786 valence electrons. The van der Waals surface area contributed by atoms with Crippen LogP contribution < -0.4 is 31.4 Å². The van der Waals surface area contributed by atoms with E-state index in [4.69, 9.17) is 0 Å². The molecule has 2 unspecified atom stereocenters. The number of thioether (sulfide) groups is 3. The van der Waals surface area contributed by atoms with Crippen LogP contribution in [0.4, 0.5) is 53.9 Å². The van der Waals surface area contributed by atoms with Gasteiger partial charge in [0.1, 0.15) is 33.6 Å². The van der Waals surface area contributed by atoms with E-state index in [1.54, 1.807) is 66.6 Å². The van der Waals surface area contributed by atoms with Crippen LogP contribution in [0.1, 0.15) is 212 Å². The minimum atomic E-state index is -4.31. The number of aromatic amines is 2. The molecule has 143 heavy (non-hydrogen) atoms. The zero-order valence-electron chi connectivity index (χ0n) is 84.5. The van der Waals surface area contributed by atoms with Crippen molar-refractivity contribution in [3.63, 3.8) is 0 Å². The number of carbonyl (C=O) groups is 7. The second-order valence-corrected chi connectivity index (χ2v) is 47.5. The van der Waals surface area contributed by atoms with Gasteiger partial charge >= 0.3 is 23.6 Å². The maximum absolute atomic E-state index is 15.7. The molecule has 4 aromatic carbocycles. The summed E-state index contributed by atoms with van der Waals surface area (Å²) in [6, 6.07) is 30.5.